The van der Waals surface area contributed by atoms with Gasteiger partial charge in [-0.25, -0.2) is 9.67 Å². The summed E-state index contributed by atoms with van der Waals surface area (Å²) in [7, 11) is 0. The summed E-state index contributed by atoms with van der Waals surface area (Å²) in [5.41, 5.74) is 12.0. The number of benzene rings is 2. The van der Waals surface area contributed by atoms with Crippen LogP contribution in [-0.4, -0.2) is 56.7 Å². The first-order valence-corrected chi connectivity index (χ1v) is 11.9. The molecular weight excluding hydrogens is 438 g/mol. The van der Waals surface area contributed by atoms with E-state index in [9.17, 15) is 4.79 Å². The summed E-state index contributed by atoms with van der Waals surface area (Å²) in [6, 6.07) is 21.0. The number of nitrogens with two attached hydrogens (primary N) is 1. The lowest BCUT2D eigenvalue weighted by Crippen LogP contribution is -2.43. The van der Waals surface area contributed by atoms with Crippen LogP contribution in [-0.2, 0) is 13.0 Å². The molecule has 178 valence electrons. The highest BCUT2D eigenvalue weighted by Crippen LogP contribution is 2.21. The number of aryl methyl sites for hydroxylation is 1. The first kappa shape index (κ1) is 22.9. The molecule has 8 nitrogen and oxygen atoms in total. The first-order valence-electron chi connectivity index (χ1n) is 11.9. The molecule has 1 fully saturated rings. The number of nitrogens with zero attached hydrogens (tertiary/aromatic N) is 5. The fraction of sp³-hybridized carbons (Fsp3) is 0.259. The summed E-state index contributed by atoms with van der Waals surface area (Å²) in [5, 5.41) is 7.57. The van der Waals surface area contributed by atoms with E-state index in [-0.39, 0.29) is 5.82 Å². The van der Waals surface area contributed by atoms with Crippen molar-refractivity contribution in [3.8, 4) is 16.8 Å². The standard InChI is InChI=1S/C27H29N7O/c1-19-31-27(26(28)35)32-34(19)25-10-4-21(5-11-25)16-20-2-6-22(7-3-20)23-8-9-24(30-17-23)18-33-14-12-29-13-15-33/h2-11,17,29H,12-16,18H2,1H3,(H2,28,35). The summed E-state index contributed by atoms with van der Waals surface area (Å²) in [6.45, 7) is 6.95. The molecule has 1 saturated heterocycles. The molecule has 1 aliphatic rings. The molecule has 2 aromatic heterocycles. The van der Waals surface area contributed by atoms with Crippen molar-refractivity contribution in [1.29, 1.82) is 0 Å². The molecule has 8 heteroatoms. The molecule has 35 heavy (non-hydrogen) atoms. The minimum Gasteiger partial charge on any atom is -0.363 e. The predicted octanol–water partition coefficient (Wildman–Crippen LogP) is 2.73. The van der Waals surface area contributed by atoms with Crippen molar-refractivity contribution in [2.75, 3.05) is 26.2 Å². The molecule has 0 saturated carbocycles. The molecule has 5 rings (SSSR count). The summed E-state index contributed by atoms with van der Waals surface area (Å²) in [6.07, 6.45) is 2.80. The van der Waals surface area contributed by atoms with Crippen LogP contribution in [0.4, 0.5) is 0 Å². The van der Waals surface area contributed by atoms with Crippen LogP contribution < -0.4 is 11.1 Å². The lowest BCUT2D eigenvalue weighted by atomic mass is 10.0. The number of aromatic nitrogens is 4. The molecule has 1 aliphatic heterocycles. The van der Waals surface area contributed by atoms with Crippen molar-refractivity contribution < 1.29 is 4.79 Å². The Morgan fingerprint density at radius 1 is 0.943 bits per heavy atom. The number of nitrogens with one attached hydrogen (secondary N) is 1. The third-order valence-corrected chi connectivity index (χ3v) is 6.29. The molecule has 0 aliphatic carbocycles. The number of carbonyl (C=O) groups is 1. The number of carbonyl (C=O) groups excluding carboxylic acids is 1. The third kappa shape index (κ3) is 5.45. The van der Waals surface area contributed by atoms with Gasteiger partial charge in [0.25, 0.3) is 5.91 Å². The zero-order chi connectivity index (χ0) is 24.2. The molecule has 0 atom stereocenters. The minimum absolute atomic E-state index is 0.0241. The second kappa shape index (κ2) is 10.2. The Morgan fingerprint density at radius 2 is 1.60 bits per heavy atom. The van der Waals surface area contributed by atoms with Crippen LogP contribution in [0.3, 0.4) is 0 Å². The predicted molar refractivity (Wildman–Crippen MR) is 135 cm³/mol. The van der Waals surface area contributed by atoms with E-state index in [2.05, 4.69) is 68.8 Å². The van der Waals surface area contributed by atoms with Gasteiger partial charge in [0.05, 0.1) is 11.4 Å². The minimum atomic E-state index is -0.631. The fourth-order valence-corrected chi connectivity index (χ4v) is 4.33. The van der Waals surface area contributed by atoms with Crippen molar-refractivity contribution in [2.45, 2.75) is 19.9 Å². The number of hydrogen-bond acceptors (Lipinski definition) is 6. The van der Waals surface area contributed by atoms with Gasteiger partial charge in [0, 0.05) is 44.5 Å². The van der Waals surface area contributed by atoms with Gasteiger partial charge in [-0.2, -0.15) is 0 Å². The van der Waals surface area contributed by atoms with Gasteiger partial charge in [-0.15, -0.1) is 5.10 Å². The average Bonchev–Trinajstić information content (AvgIpc) is 3.28. The lowest BCUT2D eigenvalue weighted by Gasteiger charge is -2.26. The largest absolute Gasteiger partial charge is 0.363 e. The van der Waals surface area contributed by atoms with Crippen molar-refractivity contribution in [2.24, 2.45) is 5.73 Å². The molecule has 1 amide bonds. The number of primary amides is 1. The van der Waals surface area contributed by atoms with E-state index < -0.39 is 5.91 Å². The van der Waals surface area contributed by atoms with Gasteiger partial charge in [0.15, 0.2) is 0 Å². The van der Waals surface area contributed by atoms with E-state index in [4.69, 9.17) is 10.7 Å². The second-order valence-corrected chi connectivity index (χ2v) is 8.86. The van der Waals surface area contributed by atoms with E-state index in [1.165, 1.54) is 11.1 Å². The van der Waals surface area contributed by atoms with Gasteiger partial charge in [-0.3, -0.25) is 14.7 Å². The molecule has 0 unspecified atom stereocenters. The monoisotopic (exact) mass is 467 g/mol. The van der Waals surface area contributed by atoms with Crippen LogP contribution in [0.25, 0.3) is 16.8 Å². The molecule has 2 aromatic carbocycles. The highest BCUT2D eigenvalue weighted by molar-refractivity contribution is 5.88. The Kier molecular flexibility index (Phi) is 6.65. The zero-order valence-electron chi connectivity index (χ0n) is 19.8. The van der Waals surface area contributed by atoms with Crippen LogP contribution in [0, 0.1) is 6.92 Å². The Bertz CT molecular complexity index is 1290. The summed E-state index contributed by atoms with van der Waals surface area (Å²) >= 11 is 0. The lowest BCUT2D eigenvalue weighted by molar-refractivity contribution is 0.0990. The van der Waals surface area contributed by atoms with Gasteiger partial charge >= 0.3 is 0 Å². The molecule has 0 bridgehead atoms. The van der Waals surface area contributed by atoms with Crippen molar-refractivity contribution in [1.82, 2.24) is 30.0 Å². The van der Waals surface area contributed by atoms with Crippen LogP contribution in [0.15, 0.2) is 66.9 Å². The van der Waals surface area contributed by atoms with Crippen molar-refractivity contribution >= 4 is 5.91 Å². The fourth-order valence-electron chi connectivity index (χ4n) is 4.33. The highest BCUT2D eigenvalue weighted by atomic mass is 16.1. The topological polar surface area (TPSA) is 102 Å². The van der Waals surface area contributed by atoms with Crippen LogP contribution >= 0.6 is 0 Å². The number of piperazine rings is 1. The van der Waals surface area contributed by atoms with E-state index in [1.807, 2.05) is 18.3 Å². The number of pyridine rings is 1. The van der Waals surface area contributed by atoms with Gasteiger partial charge in [-0.1, -0.05) is 42.5 Å². The number of rotatable bonds is 7. The van der Waals surface area contributed by atoms with E-state index in [1.54, 1.807) is 11.6 Å². The maximum atomic E-state index is 11.3. The smallest absolute Gasteiger partial charge is 0.288 e. The summed E-state index contributed by atoms with van der Waals surface area (Å²) in [4.78, 5) is 22.6. The maximum Gasteiger partial charge on any atom is 0.288 e. The van der Waals surface area contributed by atoms with Gasteiger partial charge in [0.2, 0.25) is 5.82 Å². The number of hydrogen-bond donors (Lipinski definition) is 2. The molecular formula is C27H29N7O. The van der Waals surface area contributed by atoms with E-state index in [0.29, 0.717) is 5.82 Å². The van der Waals surface area contributed by atoms with Crippen molar-refractivity contribution in [3.63, 3.8) is 0 Å². The molecule has 3 N–H and O–H groups in total. The van der Waals surface area contributed by atoms with Crippen LogP contribution in [0.2, 0.25) is 0 Å². The van der Waals surface area contributed by atoms with Gasteiger partial charge < -0.3 is 11.1 Å². The first-order chi connectivity index (χ1) is 17.0. The highest BCUT2D eigenvalue weighted by Gasteiger charge is 2.13. The SMILES string of the molecule is Cc1nc(C(N)=O)nn1-c1ccc(Cc2ccc(-c3ccc(CN4CCNCC4)nc3)cc2)cc1. The summed E-state index contributed by atoms with van der Waals surface area (Å²) in [5.74, 6) is 0.0124. The molecule has 0 spiro atoms. The van der Waals surface area contributed by atoms with Crippen LogP contribution in [0.5, 0.6) is 0 Å². The number of amides is 1. The summed E-state index contributed by atoms with van der Waals surface area (Å²) < 4.78 is 1.63. The Hall–Kier alpha value is -3.88. The van der Waals surface area contributed by atoms with E-state index in [0.717, 1.165) is 61.7 Å². The molecule has 0 radical (unpaired) electrons. The van der Waals surface area contributed by atoms with Crippen LogP contribution in [0.1, 0.15) is 33.3 Å². The molecule has 3 heterocycles. The normalized spacial score (nSPS) is 14.2. The second-order valence-electron chi connectivity index (χ2n) is 8.86. The molecule has 4 aromatic rings. The van der Waals surface area contributed by atoms with Gasteiger partial charge in [0.1, 0.15) is 5.82 Å². The Labute approximate surface area is 204 Å². The van der Waals surface area contributed by atoms with E-state index >= 15 is 0 Å². The zero-order valence-corrected chi connectivity index (χ0v) is 19.8. The quantitative estimate of drug-likeness (QED) is 0.433. The Balaban J connectivity index is 1.22. The van der Waals surface area contributed by atoms with Gasteiger partial charge in [-0.05, 0) is 48.2 Å². The van der Waals surface area contributed by atoms with Crippen molar-refractivity contribution in [3.05, 3.63) is 95.3 Å². The Morgan fingerprint density at radius 3 is 2.20 bits per heavy atom. The third-order valence-electron chi connectivity index (χ3n) is 6.29. The maximum absolute atomic E-state index is 11.3. The average molecular weight is 468 g/mol.